The molecule has 0 aromatic heterocycles. The molecule has 1 aromatic rings. The van der Waals surface area contributed by atoms with Gasteiger partial charge in [-0.1, -0.05) is 12.1 Å². The Morgan fingerprint density at radius 3 is 2.21 bits per heavy atom. The van der Waals surface area contributed by atoms with E-state index in [0.29, 0.717) is 0 Å². The summed E-state index contributed by atoms with van der Waals surface area (Å²) in [5.41, 5.74) is 6.21. The second kappa shape index (κ2) is 7.91. The highest BCUT2D eigenvalue weighted by molar-refractivity contribution is 5.85. The van der Waals surface area contributed by atoms with Gasteiger partial charge in [0.15, 0.2) is 0 Å². The van der Waals surface area contributed by atoms with E-state index >= 15 is 0 Å². The van der Waals surface area contributed by atoms with E-state index in [1.54, 1.807) is 26.0 Å². The Kier molecular flexibility index (Phi) is 7.33. The predicted octanol–water partition coefficient (Wildman–Crippen LogP) is 2.23. The number of nitrogens with two attached hydrogens (primary N) is 1. The molecule has 0 bridgehead atoms. The van der Waals surface area contributed by atoms with Gasteiger partial charge in [-0.05, 0) is 31.5 Å². The highest BCUT2D eigenvalue weighted by Crippen LogP contribution is 2.19. The molecule has 3 N–H and O–H groups in total. The number of halogens is 3. The summed E-state index contributed by atoms with van der Waals surface area (Å²) in [7, 11) is 0. The molecule has 0 aliphatic heterocycles. The lowest BCUT2D eigenvalue weighted by molar-refractivity contribution is -0.122. The maximum atomic E-state index is 11.9. The zero-order chi connectivity index (χ0) is 13.7. The molecule has 0 heterocycles. The lowest BCUT2D eigenvalue weighted by atomic mass is 10.1. The van der Waals surface area contributed by atoms with Crippen molar-refractivity contribution in [3.05, 3.63) is 29.8 Å². The average Bonchev–Trinajstić information content (AvgIpc) is 2.28. The van der Waals surface area contributed by atoms with Gasteiger partial charge in [0.2, 0.25) is 5.91 Å². The van der Waals surface area contributed by atoms with E-state index in [2.05, 4.69) is 10.1 Å². The van der Waals surface area contributed by atoms with Crippen molar-refractivity contribution in [3.63, 3.8) is 0 Å². The van der Waals surface area contributed by atoms with E-state index < -0.39 is 12.7 Å². The monoisotopic (exact) mass is 294 g/mol. The van der Waals surface area contributed by atoms with E-state index in [1.165, 1.54) is 12.1 Å². The number of hydrogen-bond acceptors (Lipinski definition) is 3. The van der Waals surface area contributed by atoms with Gasteiger partial charge in [-0.25, -0.2) is 0 Å². The zero-order valence-corrected chi connectivity index (χ0v) is 11.4. The molecule has 1 rings (SSSR count). The minimum absolute atomic E-state index is 0. The van der Waals surface area contributed by atoms with E-state index in [0.717, 1.165) is 5.56 Å². The fourth-order valence-corrected chi connectivity index (χ4v) is 1.37. The molecule has 1 amide bonds. The van der Waals surface area contributed by atoms with Gasteiger partial charge in [0, 0.05) is 0 Å². The molecular formula is C12H17ClF2N2O2. The third-order valence-electron chi connectivity index (χ3n) is 2.38. The number of ether oxygens (including phenoxy) is 1. The number of hydrogen-bond donors (Lipinski definition) is 2. The van der Waals surface area contributed by atoms with Crippen molar-refractivity contribution in [2.75, 3.05) is 0 Å². The molecule has 108 valence electrons. The van der Waals surface area contributed by atoms with Crippen LogP contribution in [-0.4, -0.2) is 18.6 Å². The lowest BCUT2D eigenvalue weighted by Gasteiger charge is -2.16. The predicted molar refractivity (Wildman–Crippen MR) is 70.5 cm³/mol. The van der Waals surface area contributed by atoms with Crippen LogP contribution in [-0.2, 0) is 4.79 Å². The van der Waals surface area contributed by atoms with Crippen molar-refractivity contribution in [1.29, 1.82) is 0 Å². The van der Waals surface area contributed by atoms with Crippen molar-refractivity contribution >= 4 is 18.3 Å². The van der Waals surface area contributed by atoms with Gasteiger partial charge < -0.3 is 15.8 Å². The van der Waals surface area contributed by atoms with Crippen LogP contribution < -0.4 is 15.8 Å². The lowest BCUT2D eigenvalue weighted by Crippen LogP contribution is -2.39. The average molecular weight is 295 g/mol. The second-order valence-corrected chi connectivity index (χ2v) is 3.97. The first-order chi connectivity index (χ1) is 8.40. The third kappa shape index (κ3) is 5.85. The SMILES string of the molecule is CC(N)C(=O)NC(C)c1ccc(OC(F)F)cc1.Cl. The van der Waals surface area contributed by atoms with Crippen LogP contribution in [0.15, 0.2) is 24.3 Å². The van der Waals surface area contributed by atoms with Gasteiger partial charge in [-0.3, -0.25) is 4.79 Å². The summed E-state index contributed by atoms with van der Waals surface area (Å²) < 4.78 is 28.1. The summed E-state index contributed by atoms with van der Waals surface area (Å²) in [4.78, 5) is 11.4. The first-order valence-corrected chi connectivity index (χ1v) is 5.51. The number of carbonyl (C=O) groups is 1. The maximum Gasteiger partial charge on any atom is 0.387 e. The molecule has 19 heavy (non-hydrogen) atoms. The topological polar surface area (TPSA) is 64.4 Å². The number of amides is 1. The minimum atomic E-state index is -2.84. The quantitative estimate of drug-likeness (QED) is 0.875. The Morgan fingerprint density at radius 2 is 1.79 bits per heavy atom. The molecule has 0 saturated heterocycles. The zero-order valence-electron chi connectivity index (χ0n) is 10.6. The highest BCUT2D eigenvalue weighted by Gasteiger charge is 2.13. The van der Waals surface area contributed by atoms with Crippen molar-refractivity contribution in [2.24, 2.45) is 5.73 Å². The van der Waals surface area contributed by atoms with Crippen LogP contribution >= 0.6 is 12.4 Å². The van der Waals surface area contributed by atoms with E-state index in [4.69, 9.17) is 5.73 Å². The molecule has 0 aliphatic carbocycles. The first-order valence-electron chi connectivity index (χ1n) is 5.51. The van der Waals surface area contributed by atoms with Crippen LogP contribution in [0.2, 0.25) is 0 Å². The molecular weight excluding hydrogens is 278 g/mol. The van der Waals surface area contributed by atoms with Crippen molar-refractivity contribution in [1.82, 2.24) is 5.32 Å². The number of benzene rings is 1. The van der Waals surface area contributed by atoms with Crippen LogP contribution in [0.4, 0.5) is 8.78 Å². The standard InChI is InChI=1S/C12H16F2N2O2.ClH/c1-7(15)11(17)16-8(2)9-3-5-10(6-4-9)18-12(13)14;/h3-8,12H,15H2,1-2H3,(H,16,17);1H. The minimum Gasteiger partial charge on any atom is -0.435 e. The Balaban J connectivity index is 0.00000324. The summed E-state index contributed by atoms with van der Waals surface area (Å²) in [6, 6.07) is 5.25. The van der Waals surface area contributed by atoms with Gasteiger partial charge in [-0.2, -0.15) is 8.78 Å². The summed E-state index contributed by atoms with van der Waals surface area (Å²) >= 11 is 0. The summed E-state index contributed by atoms with van der Waals surface area (Å²) in [6.45, 7) is 0.524. The van der Waals surface area contributed by atoms with Crippen molar-refractivity contribution in [2.45, 2.75) is 32.5 Å². The summed E-state index contributed by atoms with van der Waals surface area (Å²) in [5.74, 6) is -0.185. The van der Waals surface area contributed by atoms with E-state index in [9.17, 15) is 13.6 Å². The molecule has 0 radical (unpaired) electrons. The molecule has 1 aromatic carbocycles. The van der Waals surface area contributed by atoms with Gasteiger partial charge in [0.05, 0.1) is 12.1 Å². The Hall–Kier alpha value is -1.40. The molecule has 0 aliphatic rings. The molecule has 7 heteroatoms. The molecule has 0 saturated carbocycles. The van der Waals surface area contributed by atoms with Crippen LogP contribution in [0.1, 0.15) is 25.5 Å². The van der Waals surface area contributed by atoms with Crippen molar-refractivity contribution in [3.8, 4) is 5.75 Å². The van der Waals surface area contributed by atoms with Crippen LogP contribution in [0.3, 0.4) is 0 Å². The van der Waals surface area contributed by atoms with Crippen LogP contribution in [0.5, 0.6) is 5.75 Å². The van der Waals surface area contributed by atoms with Gasteiger partial charge in [0.25, 0.3) is 0 Å². The normalized spacial score (nSPS) is 13.4. The first kappa shape index (κ1) is 17.6. The van der Waals surface area contributed by atoms with Crippen LogP contribution in [0.25, 0.3) is 0 Å². The molecule has 4 nitrogen and oxygen atoms in total. The molecule has 2 atom stereocenters. The Morgan fingerprint density at radius 1 is 1.26 bits per heavy atom. The van der Waals surface area contributed by atoms with Crippen LogP contribution in [0, 0.1) is 0 Å². The van der Waals surface area contributed by atoms with Gasteiger partial charge >= 0.3 is 6.61 Å². The fourth-order valence-electron chi connectivity index (χ4n) is 1.37. The number of rotatable bonds is 5. The maximum absolute atomic E-state index is 11.9. The fraction of sp³-hybridized carbons (Fsp3) is 0.417. The largest absolute Gasteiger partial charge is 0.435 e. The van der Waals surface area contributed by atoms with Crippen molar-refractivity contribution < 1.29 is 18.3 Å². The number of carbonyl (C=O) groups excluding carboxylic acids is 1. The van der Waals surface area contributed by atoms with E-state index in [-0.39, 0.29) is 30.1 Å². The second-order valence-electron chi connectivity index (χ2n) is 3.97. The molecule has 0 fully saturated rings. The molecule has 0 spiro atoms. The van der Waals surface area contributed by atoms with Gasteiger partial charge in [0.1, 0.15) is 5.75 Å². The van der Waals surface area contributed by atoms with Gasteiger partial charge in [-0.15, -0.1) is 12.4 Å². The third-order valence-corrected chi connectivity index (χ3v) is 2.38. The number of alkyl halides is 2. The van der Waals surface area contributed by atoms with E-state index in [1.807, 2.05) is 0 Å². The smallest absolute Gasteiger partial charge is 0.387 e. The summed E-state index contributed by atoms with van der Waals surface area (Å²) in [5, 5.41) is 2.70. The Bertz CT molecular complexity index is 399. The Labute approximate surface area is 116 Å². The summed E-state index contributed by atoms with van der Waals surface area (Å²) in [6.07, 6.45) is 0. The number of nitrogens with one attached hydrogen (secondary N) is 1. The highest BCUT2D eigenvalue weighted by atomic mass is 35.5. The molecule has 2 unspecified atom stereocenters.